The number of aromatic nitrogens is 1. The van der Waals surface area contributed by atoms with Crippen molar-refractivity contribution < 1.29 is 19.4 Å². The molecule has 1 aromatic heterocycles. The molecule has 1 saturated heterocycles. The number of carbonyl (C=O) groups is 1. The Morgan fingerprint density at radius 1 is 1.32 bits per heavy atom. The highest BCUT2D eigenvalue weighted by Crippen LogP contribution is 2.38. The van der Waals surface area contributed by atoms with Gasteiger partial charge in [-0.25, -0.2) is 9.78 Å². The molecule has 0 bridgehead atoms. The summed E-state index contributed by atoms with van der Waals surface area (Å²) in [7, 11) is 3.18. The minimum Gasteiger partial charge on any atom is -0.493 e. The van der Waals surface area contributed by atoms with Crippen LogP contribution in [0.25, 0.3) is 10.2 Å². The summed E-state index contributed by atoms with van der Waals surface area (Å²) in [4.78, 5) is 17.9. The topological polar surface area (TPSA) is 71.9 Å². The van der Waals surface area contributed by atoms with Gasteiger partial charge in [0, 0.05) is 18.7 Å². The number of thiazole rings is 1. The average Bonchev–Trinajstić information content (AvgIpc) is 2.96. The smallest absolute Gasteiger partial charge is 0.326 e. The van der Waals surface area contributed by atoms with Gasteiger partial charge in [-0.05, 0) is 19.3 Å². The molecule has 1 fully saturated rings. The second-order valence-corrected chi connectivity index (χ2v) is 6.22. The van der Waals surface area contributed by atoms with Crippen molar-refractivity contribution in [2.24, 2.45) is 0 Å². The van der Waals surface area contributed by atoms with Crippen molar-refractivity contribution in [2.75, 3.05) is 25.7 Å². The van der Waals surface area contributed by atoms with E-state index in [0.717, 1.165) is 34.7 Å². The highest BCUT2D eigenvalue weighted by atomic mass is 32.1. The molecule has 2 aromatic rings. The number of anilines is 1. The number of ether oxygens (including phenoxy) is 2. The lowest BCUT2D eigenvalue weighted by Gasteiger charge is -2.32. The van der Waals surface area contributed by atoms with Gasteiger partial charge in [-0.3, -0.25) is 0 Å². The maximum atomic E-state index is 11.4. The Labute approximate surface area is 132 Å². The van der Waals surface area contributed by atoms with Crippen LogP contribution in [-0.2, 0) is 4.79 Å². The molecule has 0 saturated carbocycles. The van der Waals surface area contributed by atoms with Gasteiger partial charge < -0.3 is 19.5 Å². The molecule has 1 aromatic carbocycles. The Morgan fingerprint density at radius 2 is 2.05 bits per heavy atom. The Morgan fingerprint density at radius 3 is 2.73 bits per heavy atom. The first kappa shape index (κ1) is 14.9. The molecule has 3 rings (SSSR count). The molecular formula is C15H18N2O4S. The van der Waals surface area contributed by atoms with Gasteiger partial charge >= 0.3 is 5.97 Å². The summed E-state index contributed by atoms with van der Waals surface area (Å²) in [5.74, 6) is 0.494. The number of carboxylic acid groups (broad SMARTS) is 1. The third-order valence-corrected chi connectivity index (χ3v) is 4.97. The van der Waals surface area contributed by atoms with Crippen molar-refractivity contribution in [2.45, 2.75) is 25.3 Å². The van der Waals surface area contributed by atoms with Crippen LogP contribution >= 0.6 is 11.3 Å². The lowest BCUT2D eigenvalue weighted by atomic mass is 10.0. The molecule has 0 aliphatic carbocycles. The van der Waals surface area contributed by atoms with E-state index in [1.54, 1.807) is 14.2 Å². The SMILES string of the molecule is COc1cc2nc(N3CCCCC3C(=O)O)sc2cc1OC. The molecule has 1 atom stereocenters. The van der Waals surface area contributed by atoms with Crippen LogP contribution in [0.4, 0.5) is 5.13 Å². The predicted molar refractivity (Wildman–Crippen MR) is 85.3 cm³/mol. The number of nitrogens with zero attached hydrogens (tertiary/aromatic N) is 2. The first-order chi connectivity index (χ1) is 10.6. The summed E-state index contributed by atoms with van der Waals surface area (Å²) < 4.78 is 11.6. The Bertz CT molecular complexity index is 659. The van der Waals surface area contributed by atoms with Gasteiger partial charge in [0.15, 0.2) is 16.6 Å². The van der Waals surface area contributed by atoms with Gasteiger partial charge in [0.05, 0.1) is 24.4 Å². The minimum atomic E-state index is -0.783. The first-order valence-electron chi connectivity index (χ1n) is 7.16. The van der Waals surface area contributed by atoms with Crippen molar-refractivity contribution in [3.8, 4) is 11.5 Å². The van der Waals surface area contributed by atoms with Crippen LogP contribution in [-0.4, -0.2) is 42.9 Å². The zero-order valence-electron chi connectivity index (χ0n) is 12.5. The van der Waals surface area contributed by atoms with Crippen molar-refractivity contribution in [1.82, 2.24) is 4.98 Å². The number of benzene rings is 1. The molecule has 1 N–H and O–H groups in total. The quantitative estimate of drug-likeness (QED) is 0.933. The van der Waals surface area contributed by atoms with E-state index in [2.05, 4.69) is 4.98 Å². The van der Waals surface area contributed by atoms with E-state index >= 15 is 0 Å². The van der Waals surface area contributed by atoms with E-state index in [9.17, 15) is 9.90 Å². The normalized spacial score (nSPS) is 18.5. The van der Waals surface area contributed by atoms with Gasteiger partial charge in [0.25, 0.3) is 0 Å². The number of carboxylic acids is 1. The number of hydrogen-bond donors (Lipinski definition) is 1. The fourth-order valence-electron chi connectivity index (χ4n) is 2.78. The third kappa shape index (κ3) is 2.56. The van der Waals surface area contributed by atoms with E-state index in [1.807, 2.05) is 17.0 Å². The van der Waals surface area contributed by atoms with Crippen LogP contribution in [0.1, 0.15) is 19.3 Å². The molecule has 22 heavy (non-hydrogen) atoms. The van der Waals surface area contributed by atoms with Crippen molar-refractivity contribution in [3.05, 3.63) is 12.1 Å². The van der Waals surface area contributed by atoms with E-state index in [0.29, 0.717) is 17.9 Å². The average molecular weight is 322 g/mol. The monoisotopic (exact) mass is 322 g/mol. The van der Waals surface area contributed by atoms with Crippen molar-refractivity contribution in [3.63, 3.8) is 0 Å². The van der Waals surface area contributed by atoms with Crippen LogP contribution in [0.3, 0.4) is 0 Å². The van der Waals surface area contributed by atoms with E-state index in [-0.39, 0.29) is 0 Å². The molecule has 2 heterocycles. The molecular weight excluding hydrogens is 304 g/mol. The second-order valence-electron chi connectivity index (χ2n) is 5.21. The van der Waals surface area contributed by atoms with Crippen molar-refractivity contribution >= 4 is 32.7 Å². The third-order valence-electron chi connectivity index (χ3n) is 3.92. The van der Waals surface area contributed by atoms with E-state index in [1.165, 1.54) is 11.3 Å². The zero-order valence-corrected chi connectivity index (χ0v) is 13.4. The Balaban J connectivity index is 2.02. The summed E-state index contributed by atoms with van der Waals surface area (Å²) in [5.41, 5.74) is 0.798. The van der Waals surface area contributed by atoms with Crippen molar-refractivity contribution in [1.29, 1.82) is 0 Å². The number of piperidine rings is 1. The summed E-state index contributed by atoms with van der Waals surface area (Å²) in [6.45, 7) is 0.727. The van der Waals surface area contributed by atoms with Crippen LogP contribution in [0.15, 0.2) is 12.1 Å². The van der Waals surface area contributed by atoms with Gasteiger partial charge in [-0.2, -0.15) is 0 Å². The lowest BCUT2D eigenvalue weighted by molar-refractivity contribution is -0.139. The highest BCUT2D eigenvalue weighted by molar-refractivity contribution is 7.22. The number of aliphatic carboxylic acids is 1. The minimum absolute atomic E-state index is 0.488. The molecule has 118 valence electrons. The zero-order chi connectivity index (χ0) is 15.7. The molecule has 1 aliphatic heterocycles. The Hall–Kier alpha value is -2.02. The van der Waals surface area contributed by atoms with Gasteiger partial charge in [0.1, 0.15) is 6.04 Å². The molecule has 0 spiro atoms. The number of methoxy groups -OCH3 is 2. The van der Waals surface area contributed by atoms with Gasteiger partial charge in [-0.1, -0.05) is 11.3 Å². The highest BCUT2D eigenvalue weighted by Gasteiger charge is 2.30. The summed E-state index contributed by atoms with van der Waals surface area (Å²) >= 11 is 1.49. The van der Waals surface area contributed by atoms with Crippen LogP contribution in [0.5, 0.6) is 11.5 Å². The summed E-state index contributed by atoms with van der Waals surface area (Å²) in [6, 6.07) is 3.22. The number of rotatable bonds is 4. The molecule has 1 unspecified atom stereocenters. The largest absolute Gasteiger partial charge is 0.493 e. The molecule has 6 nitrogen and oxygen atoms in total. The summed E-state index contributed by atoms with van der Waals surface area (Å²) in [6.07, 6.45) is 2.60. The molecule has 0 amide bonds. The van der Waals surface area contributed by atoms with Gasteiger partial charge in [-0.15, -0.1) is 0 Å². The van der Waals surface area contributed by atoms with E-state index in [4.69, 9.17) is 9.47 Å². The van der Waals surface area contributed by atoms with Crippen LogP contribution in [0, 0.1) is 0 Å². The maximum absolute atomic E-state index is 11.4. The lowest BCUT2D eigenvalue weighted by Crippen LogP contribution is -2.44. The maximum Gasteiger partial charge on any atom is 0.326 e. The fraction of sp³-hybridized carbons (Fsp3) is 0.467. The van der Waals surface area contributed by atoms with E-state index < -0.39 is 12.0 Å². The van der Waals surface area contributed by atoms with Gasteiger partial charge in [0.2, 0.25) is 0 Å². The predicted octanol–water partition coefficient (Wildman–Crippen LogP) is 2.76. The summed E-state index contributed by atoms with van der Waals surface area (Å²) in [5, 5.41) is 10.2. The molecule has 1 aliphatic rings. The fourth-order valence-corrected chi connectivity index (χ4v) is 3.83. The van der Waals surface area contributed by atoms with Crippen LogP contribution in [0.2, 0.25) is 0 Å². The first-order valence-corrected chi connectivity index (χ1v) is 7.97. The number of hydrogen-bond acceptors (Lipinski definition) is 6. The second kappa shape index (κ2) is 6.00. The Kier molecular flexibility index (Phi) is 4.06. The molecule has 7 heteroatoms. The van der Waals surface area contributed by atoms with Crippen LogP contribution < -0.4 is 14.4 Å². The standard InChI is InChI=1S/C15H18N2O4S/c1-20-11-7-9-13(8-12(11)21-2)22-15(16-9)17-6-4-3-5-10(17)14(18)19/h7-8,10H,3-6H2,1-2H3,(H,18,19). The molecule has 0 radical (unpaired) electrons. The number of fused-ring (bicyclic) bond motifs is 1.